The molecule has 1 saturated heterocycles. The Hall–Kier alpha value is -1.06. The molecule has 1 aliphatic rings. The quantitative estimate of drug-likeness (QED) is 0.623. The first-order chi connectivity index (χ1) is 5.66. The van der Waals surface area contributed by atoms with E-state index in [1.165, 1.54) is 0 Å². The zero-order chi connectivity index (χ0) is 9.40. The van der Waals surface area contributed by atoms with Crippen LogP contribution in [0.4, 0.5) is 0 Å². The summed E-state index contributed by atoms with van der Waals surface area (Å²) < 4.78 is 0. The first-order valence-electron chi connectivity index (χ1n) is 4.21. The lowest BCUT2D eigenvalue weighted by atomic mass is 10.3. The molecule has 0 aliphatic carbocycles. The van der Waals surface area contributed by atoms with Crippen LogP contribution in [0.25, 0.3) is 0 Å². The third kappa shape index (κ3) is 7.05. The Balaban J connectivity index is 0.000000202. The summed E-state index contributed by atoms with van der Waals surface area (Å²) in [5.41, 5.74) is 4.76. The smallest absolute Gasteiger partial charge is 0.220 e. The van der Waals surface area contributed by atoms with Crippen molar-refractivity contribution in [2.75, 3.05) is 6.54 Å². The summed E-state index contributed by atoms with van der Waals surface area (Å²) in [7, 11) is 0. The van der Waals surface area contributed by atoms with Crippen LogP contribution in [-0.2, 0) is 9.59 Å². The second kappa shape index (κ2) is 6.64. The highest BCUT2D eigenvalue weighted by Gasteiger charge is 2.05. The van der Waals surface area contributed by atoms with Crippen molar-refractivity contribution in [3.63, 3.8) is 0 Å². The number of nitrogens with one attached hydrogen (secondary N) is 1. The minimum atomic E-state index is -0.211. The van der Waals surface area contributed by atoms with Crippen molar-refractivity contribution in [2.24, 2.45) is 5.73 Å². The van der Waals surface area contributed by atoms with E-state index in [9.17, 15) is 9.59 Å². The van der Waals surface area contributed by atoms with E-state index in [1.807, 2.05) is 6.92 Å². The SMILES string of the molecule is CCCC(N)=O.O=C1CCCN1. The number of primary amides is 1. The van der Waals surface area contributed by atoms with E-state index in [0.717, 1.165) is 25.8 Å². The molecule has 4 nitrogen and oxygen atoms in total. The molecule has 0 aromatic carbocycles. The Kier molecular flexibility index (Phi) is 6.05. The molecule has 0 unspecified atom stereocenters. The van der Waals surface area contributed by atoms with Crippen molar-refractivity contribution in [3.05, 3.63) is 0 Å². The molecule has 0 aromatic heterocycles. The number of hydrogen-bond acceptors (Lipinski definition) is 2. The Labute approximate surface area is 72.5 Å². The standard InChI is InChI=1S/C4H7NO.C4H9NO/c6-4-2-1-3-5-4;1-2-3-4(5)6/h1-3H2,(H,5,6);2-3H2,1H3,(H2,5,6). The molecule has 0 bridgehead atoms. The predicted molar refractivity (Wildman–Crippen MR) is 46.3 cm³/mol. The molecule has 3 N–H and O–H groups in total. The number of rotatable bonds is 2. The van der Waals surface area contributed by atoms with E-state index in [1.54, 1.807) is 0 Å². The fourth-order valence-corrected chi connectivity index (χ4v) is 0.812. The van der Waals surface area contributed by atoms with E-state index < -0.39 is 0 Å². The Morgan fingerprint density at radius 2 is 2.33 bits per heavy atom. The van der Waals surface area contributed by atoms with E-state index in [0.29, 0.717) is 6.42 Å². The van der Waals surface area contributed by atoms with Crippen LogP contribution < -0.4 is 11.1 Å². The van der Waals surface area contributed by atoms with Crippen LogP contribution in [0.3, 0.4) is 0 Å². The second-order valence-electron chi connectivity index (χ2n) is 2.67. The minimum Gasteiger partial charge on any atom is -0.370 e. The van der Waals surface area contributed by atoms with Gasteiger partial charge < -0.3 is 11.1 Å². The Morgan fingerprint density at radius 1 is 1.67 bits per heavy atom. The fraction of sp³-hybridized carbons (Fsp3) is 0.750. The highest BCUT2D eigenvalue weighted by atomic mass is 16.2. The van der Waals surface area contributed by atoms with Gasteiger partial charge in [0.25, 0.3) is 0 Å². The number of nitrogens with two attached hydrogens (primary N) is 1. The molecule has 12 heavy (non-hydrogen) atoms. The van der Waals surface area contributed by atoms with Gasteiger partial charge in [-0.05, 0) is 12.8 Å². The summed E-state index contributed by atoms with van der Waals surface area (Å²) in [4.78, 5) is 20.0. The number of hydrogen-bond donors (Lipinski definition) is 2. The molecule has 1 rings (SSSR count). The molecule has 1 heterocycles. The van der Waals surface area contributed by atoms with Crippen molar-refractivity contribution in [1.82, 2.24) is 5.32 Å². The van der Waals surface area contributed by atoms with E-state index in [-0.39, 0.29) is 11.8 Å². The van der Waals surface area contributed by atoms with Crippen LogP contribution in [0.15, 0.2) is 0 Å². The van der Waals surface area contributed by atoms with E-state index in [2.05, 4.69) is 5.32 Å². The lowest BCUT2D eigenvalue weighted by Crippen LogP contribution is -2.12. The normalized spacial score (nSPS) is 14.6. The van der Waals surface area contributed by atoms with Crippen LogP contribution in [0.2, 0.25) is 0 Å². The second-order valence-corrected chi connectivity index (χ2v) is 2.67. The minimum absolute atomic E-state index is 0.204. The molecule has 1 aliphatic heterocycles. The van der Waals surface area contributed by atoms with Gasteiger partial charge >= 0.3 is 0 Å². The zero-order valence-corrected chi connectivity index (χ0v) is 7.43. The van der Waals surface area contributed by atoms with E-state index in [4.69, 9.17) is 5.73 Å². The summed E-state index contributed by atoms with van der Waals surface area (Å²) in [5, 5.41) is 2.68. The molecular weight excluding hydrogens is 156 g/mol. The summed E-state index contributed by atoms with van der Waals surface area (Å²) in [6, 6.07) is 0. The van der Waals surface area contributed by atoms with Crippen LogP contribution in [0, 0.1) is 0 Å². The van der Waals surface area contributed by atoms with Crippen LogP contribution in [-0.4, -0.2) is 18.4 Å². The maximum atomic E-state index is 10.1. The van der Waals surface area contributed by atoms with Gasteiger partial charge in [-0.2, -0.15) is 0 Å². The third-order valence-electron chi connectivity index (χ3n) is 1.40. The van der Waals surface area contributed by atoms with Crippen molar-refractivity contribution in [2.45, 2.75) is 32.6 Å². The van der Waals surface area contributed by atoms with Gasteiger partial charge in [-0.1, -0.05) is 6.92 Å². The van der Waals surface area contributed by atoms with Gasteiger partial charge in [-0.3, -0.25) is 9.59 Å². The average Bonchev–Trinajstić information content (AvgIpc) is 2.40. The van der Waals surface area contributed by atoms with E-state index >= 15 is 0 Å². The molecule has 2 amide bonds. The van der Waals surface area contributed by atoms with Gasteiger partial charge in [0.2, 0.25) is 11.8 Å². The van der Waals surface area contributed by atoms with Crippen LogP contribution in [0.5, 0.6) is 0 Å². The molecule has 0 spiro atoms. The van der Waals surface area contributed by atoms with Gasteiger partial charge in [0.05, 0.1) is 0 Å². The van der Waals surface area contributed by atoms with Crippen molar-refractivity contribution in [1.29, 1.82) is 0 Å². The predicted octanol–water partition coefficient (Wildman–Crippen LogP) is 0.168. The van der Waals surface area contributed by atoms with Gasteiger partial charge in [0.1, 0.15) is 0 Å². The third-order valence-corrected chi connectivity index (χ3v) is 1.40. The number of carbonyl (C=O) groups excluding carboxylic acids is 2. The number of amides is 2. The highest BCUT2D eigenvalue weighted by molar-refractivity contribution is 5.77. The Morgan fingerprint density at radius 3 is 2.42 bits per heavy atom. The lowest BCUT2D eigenvalue weighted by molar-refractivity contribution is -0.119. The largest absolute Gasteiger partial charge is 0.370 e. The monoisotopic (exact) mass is 172 g/mol. The molecule has 0 radical (unpaired) electrons. The van der Waals surface area contributed by atoms with Crippen molar-refractivity contribution < 1.29 is 9.59 Å². The van der Waals surface area contributed by atoms with Gasteiger partial charge in [-0.25, -0.2) is 0 Å². The first kappa shape index (κ1) is 10.9. The highest BCUT2D eigenvalue weighted by Crippen LogP contribution is 1.93. The van der Waals surface area contributed by atoms with Crippen LogP contribution >= 0.6 is 0 Å². The van der Waals surface area contributed by atoms with Crippen molar-refractivity contribution in [3.8, 4) is 0 Å². The molecule has 4 heteroatoms. The molecule has 0 atom stereocenters. The van der Waals surface area contributed by atoms with Gasteiger partial charge in [0.15, 0.2) is 0 Å². The summed E-state index contributed by atoms with van der Waals surface area (Å²) in [6.07, 6.45) is 3.13. The summed E-state index contributed by atoms with van der Waals surface area (Å²) >= 11 is 0. The summed E-state index contributed by atoms with van der Waals surface area (Å²) in [6.45, 7) is 2.81. The molecule has 0 aromatic rings. The first-order valence-corrected chi connectivity index (χ1v) is 4.21. The number of carbonyl (C=O) groups is 2. The Bertz CT molecular complexity index is 149. The topological polar surface area (TPSA) is 72.2 Å². The van der Waals surface area contributed by atoms with Crippen molar-refractivity contribution >= 4 is 11.8 Å². The molecule has 70 valence electrons. The van der Waals surface area contributed by atoms with Gasteiger partial charge in [0, 0.05) is 19.4 Å². The molecule has 1 fully saturated rings. The molecule has 0 saturated carbocycles. The molecular formula is C8H16N2O2. The van der Waals surface area contributed by atoms with Gasteiger partial charge in [-0.15, -0.1) is 0 Å². The fourth-order valence-electron chi connectivity index (χ4n) is 0.812. The summed E-state index contributed by atoms with van der Waals surface area (Å²) in [5.74, 6) is -0.00694. The zero-order valence-electron chi connectivity index (χ0n) is 7.43. The maximum absolute atomic E-state index is 10.1. The lowest BCUT2D eigenvalue weighted by Gasteiger charge is -1.81. The average molecular weight is 172 g/mol. The van der Waals surface area contributed by atoms with Crippen LogP contribution in [0.1, 0.15) is 32.6 Å². The maximum Gasteiger partial charge on any atom is 0.220 e.